The highest BCUT2D eigenvalue weighted by Gasteiger charge is 2.16. The van der Waals surface area contributed by atoms with Crippen molar-refractivity contribution in [1.82, 2.24) is 4.90 Å². The molecule has 0 aromatic heterocycles. The number of nitrogens with zero attached hydrogens (tertiary/aromatic N) is 2. The maximum atomic E-state index is 12.2. The minimum atomic E-state index is -0.0764. The summed E-state index contributed by atoms with van der Waals surface area (Å²) in [5.41, 5.74) is 2.00. The molecule has 0 unspecified atom stereocenters. The first-order valence-electron chi connectivity index (χ1n) is 9.89. The Labute approximate surface area is 162 Å². The molecule has 6 heteroatoms. The van der Waals surface area contributed by atoms with Crippen molar-refractivity contribution in [2.45, 2.75) is 39.5 Å². The lowest BCUT2D eigenvalue weighted by Crippen LogP contribution is -2.33. The summed E-state index contributed by atoms with van der Waals surface area (Å²) in [7, 11) is 1.64. The second-order valence-corrected chi connectivity index (χ2v) is 7.37. The van der Waals surface area contributed by atoms with Crippen LogP contribution in [-0.2, 0) is 14.3 Å². The van der Waals surface area contributed by atoms with Gasteiger partial charge < -0.3 is 19.9 Å². The van der Waals surface area contributed by atoms with Crippen LogP contribution in [0.2, 0.25) is 0 Å². The lowest BCUT2D eigenvalue weighted by Gasteiger charge is -2.32. The fraction of sp³-hybridized carbons (Fsp3) is 0.619. The SMILES string of the molecule is COCCCN(CCC(=O)Nc1ccc(N2CCC(C)CC2)cc1)C(C)=O. The minimum absolute atomic E-state index is 0.0147. The first-order chi connectivity index (χ1) is 13.0. The van der Waals surface area contributed by atoms with Gasteiger partial charge >= 0.3 is 0 Å². The van der Waals surface area contributed by atoms with E-state index in [1.54, 1.807) is 12.0 Å². The van der Waals surface area contributed by atoms with Gasteiger partial charge in [0.15, 0.2) is 0 Å². The summed E-state index contributed by atoms with van der Waals surface area (Å²) < 4.78 is 5.01. The summed E-state index contributed by atoms with van der Waals surface area (Å²) in [5, 5.41) is 2.92. The van der Waals surface area contributed by atoms with E-state index in [1.165, 1.54) is 25.5 Å². The lowest BCUT2D eigenvalue weighted by molar-refractivity contribution is -0.129. The van der Waals surface area contributed by atoms with Gasteiger partial charge in [-0.05, 0) is 49.4 Å². The third-order valence-corrected chi connectivity index (χ3v) is 5.13. The molecule has 0 atom stereocenters. The van der Waals surface area contributed by atoms with E-state index in [0.717, 1.165) is 31.1 Å². The van der Waals surface area contributed by atoms with Crippen LogP contribution < -0.4 is 10.2 Å². The first-order valence-corrected chi connectivity index (χ1v) is 9.89. The average Bonchev–Trinajstić information content (AvgIpc) is 2.65. The predicted molar refractivity (Wildman–Crippen MR) is 109 cm³/mol. The van der Waals surface area contributed by atoms with Crippen LogP contribution in [0.4, 0.5) is 11.4 Å². The van der Waals surface area contributed by atoms with Gasteiger partial charge in [-0.15, -0.1) is 0 Å². The number of rotatable bonds is 9. The Hall–Kier alpha value is -2.08. The zero-order valence-corrected chi connectivity index (χ0v) is 16.9. The highest BCUT2D eigenvalue weighted by atomic mass is 16.5. The third-order valence-electron chi connectivity index (χ3n) is 5.13. The van der Waals surface area contributed by atoms with Crippen LogP contribution in [-0.4, -0.2) is 56.6 Å². The van der Waals surface area contributed by atoms with E-state index in [-0.39, 0.29) is 11.8 Å². The number of benzene rings is 1. The highest BCUT2D eigenvalue weighted by Crippen LogP contribution is 2.24. The molecule has 1 fully saturated rings. The van der Waals surface area contributed by atoms with E-state index >= 15 is 0 Å². The minimum Gasteiger partial charge on any atom is -0.385 e. The molecule has 1 aromatic rings. The standard InChI is InChI=1S/C21H33N3O3/c1-17-9-13-24(14-10-17)20-7-5-19(6-8-20)22-21(26)11-15-23(18(2)25)12-4-16-27-3/h5-8,17H,4,9-16H2,1-3H3,(H,22,26). The number of amides is 2. The van der Waals surface area contributed by atoms with Gasteiger partial charge in [0.25, 0.3) is 0 Å². The molecule has 2 rings (SSSR count). The monoisotopic (exact) mass is 375 g/mol. The van der Waals surface area contributed by atoms with Crippen molar-refractivity contribution in [1.29, 1.82) is 0 Å². The van der Waals surface area contributed by atoms with Crippen molar-refractivity contribution in [3.63, 3.8) is 0 Å². The molecule has 1 N–H and O–H groups in total. The zero-order chi connectivity index (χ0) is 19.6. The number of carbonyl (C=O) groups is 2. The largest absolute Gasteiger partial charge is 0.385 e. The van der Waals surface area contributed by atoms with Gasteiger partial charge in [-0.2, -0.15) is 0 Å². The Morgan fingerprint density at radius 1 is 1.19 bits per heavy atom. The van der Waals surface area contributed by atoms with Gasteiger partial charge in [0.2, 0.25) is 11.8 Å². The molecular weight excluding hydrogens is 342 g/mol. The van der Waals surface area contributed by atoms with Crippen LogP contribution in [0.5, 0.6) is 0 Å². The summed E-state index contributed by atoms with van der Waals surface area (Å²) in [4.78, 5) is 28.0. The molecule has 0 aliphatic carbocycles. The van der Waals surface area contributed by atoms with Gasteiger partial charge in [-0.25, -0.2) is 0 Å². The fourth-order valence-electron chi connectivity index (χ4n) is 3.31. The first kappa shape index (κ1) is 21.2. The van der Waals surface area contributed by atoms with Gasteiger partial charge in [0.05, 0.1) is 0 Å². The summed E-state index contributed by atoms with van der Waals surface area (Å²) >= 11 is 0. The third kappa shape index (κ3) is 7.21. The summed E-state index contributed by atoms with van der Waals surface area (Å²) in [6.07, 6.45) is 3.53. The normalized spacial score (nSPS) is 14.9. The molecule has 1 saturated heterocycles. The predicted octanol–water partition coefficient (Wildman–Crippen LogP) is 3.14. The second kappa shape index (κ2) is 10.9. The summed E-state index contributed by atoms with van der Waals surface area (Å²) in [5.74, 6) is 0.718. The van der Waals surface area contributed by atoms with Crippen molar-refractivity contribution in [3.8, 4) is 0 Å². The van der Waals surface area contributed by atoms with E-state index in [0.29, 0.717) is 26.1 Å². The Kier molecular flexibility index (Phi) is 8.58. The second-order valence-electron chi connectivity index (χ2n) is 7.37. The van der Waals surface area contributed by atoms with Gasteiger partial charge in [-0.3, -0.25) is 9.59 Å². The van der Waals surface area contributed by atoms with E-state index in [1.807, 2.05) is 12.1 Å². The average molecular weight is 376 g/mol. The van der Waals surface area contributed by atoms with Crippen LogP contribution >= 0.6 is 0 Å². The number of anilines is 2. The molecular formula is C21H33N3O3. The number of hydrogen-bond acceptors (Lipinski definition) is 4. The quantitative estimate of drug-likeness (QED) is 0.674. The molecule has 1 aliphatic rings. The Morgan fingerprint density at radius 2 is 1.85 bits per heavy atom. The smallest absolute Gasteiger partial charge is 0.226 e. The van der Waals surface area contributed by atoms with Gasteiger partial charge in [0.1, 0.15) is 0 Å². The zero-order valence-electron chi connectivity index (χ0n) is 16.9. The van der Waals surface area contributed by atoms with Crippen molar-refractivity contribution in [2.24, 2.45) is 5.92 Å². The van der Waals surface area contributed by atoms with E-state index < -0.39 is 0 Å². The maximum Gasteiger partial charge on any atom is 0.226 e. The number of piperidine rings is 1. The molecule has 2 amide bonds. The Balaban J connectivity index is 1.78. The molecule has 150 valence electrons. The molecule has 1 aliphatic heterocycles. The van der Waals surface area contributed by atoms with E-state index in [9.17, 15) is 9.59 Å². The molecule has 6 nitrogen and oxygen atoms in total. The van der Waals surface area contributed by atoms with Crippen molar-refractivity contribution < 1.29 is 14.3 Å². The van der Waals surface area contributed by atoms with Crippen LogP contribution in [0.25, 0.3) is 0 Å². The number of ether oxygens (including phenoxy) is 1. The topological polar surface area (TPSA) is 61.9 Å². The number of hydrogen-bond donors (Lipinski definition) is 1. The van der Waals surface area contributed by atoms with Crippen LogP contribution in [0.3, 0.4) is 0 Å². The van der Waals surface area contributed by atoms with Crippen molar-refractivity contribution >= 4 is 23.2 Å². The molecule has 0 saturated carbocycles. The van der Waals surface area contributed by atoms with Gasteiger partial charge in [0, 0.05) is 64.6 Å². The summed E-state index contributed by atoms with van der Waals surface area (Å²) in [6.45, 7) is 7.67. The van der Waals surface area contributed by atoms with Gasteiger partial charge in [-0.1, -0.05) is 6.92 Å². The number of carbonyl (C=O) groups excluding carboxylic acids is 2. The fourth-order valence-corrected chi connectivity index (χ4v) is 3.31. The molecule has 0 bridgehead atoms. The van der Waals surface area contributed by atoms with E-state index in [2.05, 4.69) is 29.3 Å². The van der Waals surface area contributed by atoms with E-state index in [4.69, 9.17) is 4.74 Å². The molecule has 0 radical (unpaired) electrons. The highest BCUT2D eigenvalue weighted by molar-refractivity contribution is 5.91. The van der Waals surface area contributed by atoms with Crippen molar-refractivity contribution in [3.05, 3.63) is 24.3 Å². The number of nitrogens with one attached hydrogen (secondary N) is 1. The molecule has 1 aromatic carbocycles. The van der Waals surface area contributed by atoms with Crippen LogP contribution in [0, 0.1) is 5.92 Å². The maximum absolute atomic E-state index is 12.2. The molecule has 1 heterocycles. The Bertz CT molecular complexity index is 595. The molecule has 27 heavy (non-hydrogen) atoms. The van der Waals surface area contributed by atoms with Crippen LogP contribution in [0.1, 0.15) is 39.5 Å². The molecule has 0 spiro atoms. The lowest BCUT2D eigenvalue weighted by atomic mass is 9.99. The van der Waals surface area contributed by atoms with Crippen LogP contribution in [0.15, 0.2) is 24.3 Å². The summed E-state index contributed by atoms with van der Waals surface area (Å²) in [6, 6.07) is 8.04. The number of methoxy groups -OCH3 is 1. The Morgan fingerprint density at radius 3 is 2.44 bits per heavy atom. The van der Waals surface area contributed by atoms with Crippen molar-refractivity contribution in [2.75, 3.05) is 50.1 Å².